The highest BCUT2D eigenvalue weighted by atomic mass is 127. The number of nitro benzene ring substituents is 1. The second-order valence-electron chi connectivity index (χ2n) is 3.53. The molecule has 0 radical (unpaired) electrons. The molecule has 88 valence electrons. The minimum Gasteiger partial charge on any atom is -0.380 e. The van der Waals surface area contributed by atoms with E-state index in [1.165, 1.54) is 12.1 Å². The van der Waals surface area contributed by atoms with Crippen LogP contribution in [-0.2, 0) is 0 Å². The second kappa shape index (κ2) is 4.32. The molecule has 0 unspecified atom stereocenters. The predicted molar refractivity (Wildman–Crippen MR) is 70.5 cm³/mol. The zero-order valence-electron chi connectivity index (χ0n) is 8.81. The highest BCUT2D eigenvalue weighted by Gasteiger charge is 2.16. The van der Waals surface area contributed by atoms with Gasteiger partial charge in [0.25, 0.3) is 5.69 Å². The van der Waals surface area contributed by atoms with E-state index in [1.54, 1.807) is 13.0 Å². The van der Waals surface area contributed by atoms with Crippen molar-refractivity contribution in [2.24, 2.45) is 0 Å². The van der Waals surface area contributed by atoms with Crippen LogP contribution in [-0.4, -0.2) is 10.1 Å². The SMILES string of the molecule is Cc1cc(-c2onc(N)c2I)cc([N+](=O)[O-])c1. The van der Waals surface area contributed by atoms with Gasteiger partial charge in [-0.05, 0) is 41.1 Å². The summed E-state index contributed by atoms with van der Waals surface area (Å²) < 4.78 is 5.72. The van der Waals surface area contributed by atoms with Gasteiger partial charge in [-0.15, -0.1) is 0 Å². The number of rotatable bonds is 2. The number of hydrogen-bond donors (Lipinski definition) is 1. The second-order valence-corrected chi connectivity index (χ2v) is 4.60. The number of anilines is 1. The molecule has 0 atom stereocenters. The van der Waals surface area contributed by atoms with Crippen LogP contribution >= 0.6 is 22.6 Å². The van der Waals surface area contributed by atoms with Gasteiger partial charge in [0.05, 0.1) is 4.92 Å². The molecule has 7 heteroatoms. The lowest BCUT2D eigenvalue weighted by Gasteiger charge is -2.00. The minimum atomic E-state index is -0.441. The van der Waals surface area contributed by atoms with Crippen LogP contribution in [0.2, 0.25) is 0 Å². The topological polar surface area (TPSA) is 95.2 Å². The molecule has 0 aliphatic heterocycles. The number of nitrogen functional groups attached to an aromatic ring is 1. The lowest BCUT2D eigenvalue weighted by atomic mass is 10.1. The van der Waals surface area contributed by atoms with E-state index in [4.69, 9.17) is 10.3 Å². The van der Waals surface area contributed by atoms with Crippen LogP contribution in [0.3, 0.4) is 0 Å². The monoisotopic (exact) mass is 345 g/mol. The van der Waals surface area contributed by atoms with E-state index < -0.39 is 4.92 Å². The smallest absolute Gasteiger partial charge is 0.270 e. The Hall–Kier alpha value is -1.64. The first-order valence-electron chi connectivity index (χ1n) is 4.66. The number of non-ortho nitro benzene ring substituents is 1. The highest BCUT2D eigenvalue weighted by Crippen LogP contribution is 2.31. The molecule has 0 fully saturated rings. The number of nitrogens with two attached hydrogens (primary N) is 1. The Morgan fingerprint density at radius 1 is 1.47 bits per heavy atom. The van der Waals surface area contributed by atoms with Crippen LogP contribution in [0.15, 0.2) is 22.7 Å². The zero-order valence-corrected chi connectivity index (χ0v) is 11.0. The summed E-state index contributed by atoms with van der Waals surface area (Å²) in [4.78, 5) is 10.3. The normalized spacial score (nSPS) is 10.5. The van der Waals surface area contributed by atoms with Crippen molar-refractivity contribution >= 4 is 34.1 Å². The maximum absolute atomic E-state index is 10.8. The van der Waals surface area contributed by atoms with Crippen LogP contribution in [0.25, 0.3) is 11.3 Å². The maximum Gasteiger partial charge on any atom is 0.270 e. The number of benzene rings is 1. The molecule has 6 nitrogen and oxygen atoms in total. The summed E-state index contributed by atoms with van der Waals surface area (Å²) >= 11 is 1.99. The first-order chi connectivity index (χ1) is 7.99. The van der Waals surface area contributed by atoms with E-state index in [9.17, 15) is 10.1 Å². The Morgan fingerprint density at radius 3 is 2.71 bits per heavy atom. The molecular weight excluding hydrogens is 337 g/mol. The van der Waals surface area contributed by atoms with Crippen molar-refractivity contribution in [1.82, 2.24) is 5.16 Å². The molecule has 0 spiro atoms. The van der Waals surface area contributed by atoms with Crippen molar-refractivity contribution in [3.05, 3.63) is 37.4 Å². The molecule has 0 saturated carbocycles. The van der Waals surface area contributed by atoms with E-state index in [-0.39, 0.29) is 11.5 Å². The molecule has 0 saturated heterocycles. The van der Waals surface area contributed by atoms with Gasteiger partial charge in [-0.1, -0.05) is 5.16 Å². The van der Waals surface area contributed by atoms with Gasteiger partial charge >= 0.3 is 0 Å². The van der Waals surface area contributed by atoms with Gasteiger partial charge in [0.15, 0.2) is 11.6 Å². The highest BCUT2D eigenvalue weighted by molar-refractivity contribution is 14.1. The van der Waals surface area contributed by atoms with E-state index in [0.29, 0.717) is 14.9 Å². The molecule has 1 heterocycles. The van der Waals surface area contributed by atoms with Gasteiger partial charge in [-0.25, -0.2) is 0 Å². The van der Waals surface area contributed by atoms with Crippen LogP contribution in [0.5, 0.6) is 0 Å². The average molecular weight is 345 g/mol. The van der Waals surface area contributed by atoms with E-state index in [0.717, 1.165) is 5.56 Å². The zero-order chi connectivity index (χ0) is 12.6. The average Bonchev–Trinajstić information content (AvgIpc) is 2.59. The van der Waals surface area contributed by atoms with Gasteiger partial charge in [0.1, 0.15) is 3.57 Å². The molecular formula is C10H8IN3O3. The number of nitrogens with zero attached hydrogens (tertiary/aromatic N) is 2. The largest absolute Gasteiger partial charge is 0.380 e. The summed E-state index contributed by atoms with van der Waals surface area (Å²) in [6, 6.07) is 4.72. The quantitative estimate of drug-likeness (QED) is 0.513. The molecule has 17 heavy (non-hydrogen) atoms. The van der Waals surface area contributed by atoms with E-state index in [2.05, 4.69) is 5.16 Å². The standard InChI is InChI=1S/C10H8IN3O3/c1-5-2-6(4-7(3-5)14(15)16)9-8(11)10(12)13-17-9/h2-4H,1H3,(H2,12,13). The van der Waals surface area contributed by atoms with Gasteiger partial charge in [-0.3, -0.25) is 10.1 Å². The third-order valence-corrected chi connectivity index (χ3v) is 3.24. The van der Waals surface area contributed by atoms with Crippen LogP contribution in [0.1, 0.15) is 5.56 Å². The van der Waals surface area contributed by atoms with Gasteiger partial charge in [0.2, 0.25) is 0 Å². The predicted octanol–water partition coefficient (Wildman–Crippen LogP) is 2.75. The summed E-state index contributed by atoms with van der Waals surface area (Å²) in [6.45, 7) is 1.78. The molecule has 2 rings (SSSR count). The number of aryl methyl sites for hydroxylation is 1. The third-order valence-electron chi connectivity index (χ3n) is 2.19. The summed E-state index contributed by atoms with van der Waals surface area (Å²) in [6.07, 6.45) is 0. The molecule has 0 aliphatic carbocycles. The molecule has 1 aromatic carbocycles. The van der Waals surface area contributed by atoms with Crippen molar-refractivity contribution in [3.63, 3.8) is 0 Å². The Morgan fingerprint density at radius 2 is 2.18 bits per heavy atom. The summed E-state index contributed by atoms with van der Waals surface area (Å²) in [7, 11) is 0. The summed E-state index contributed by atoms with van der Waals surface area (Å²) in [5.74, 6) is 0.736. The summed E-state index contributed by atoms with van der Waals surface area (Å²) in [5, 5.41) is 14.4. The minimum absolute atomic E-state index is 0.0192. The van der Waals surface area contributed by atoms with Crippen LogP contribution in [0.4, 0.5) is 11.5 Å². The molecule has 0 aliphatic rings. The Kier molecular flexibility index (Phi) is 3.01. The number of hydrogen-bond acceptors (Lipinski definition) is 5. The van der Waals surface area contributed by atoms with E-state index in [1.807, 2.05) is 22.6 Å². The Labute approximate surface area is 110 Å². The molecule has 2 N–H and O–H groups in total. The Balaban J connectivity index is 2.60. The molecule has 0 amide bonds. The van der Waals surface area contributed by atoms with Crippen molar-refractivity contribution in [2.75, 3.05) is 5.73 Å². The molecule has 0 bridgehead atoms. The molecule has 1 aromatic heterocycles. The first kappa shape index (κ1) is 11.8. The van der Waals surface area contributed by atoms with Crippen molar-refractivity contribution in [2.45, 2.75) is 6.92 Å². The van der Waals surface area contributed by atoms with Crippen LogP contribution < -0.4 is 5.73 Å². The fourth-order valence-electron chi connectivity index (χ4n) is 1.47. The van der Waals surface area contributed by atoms with Gasteiger partial charge < -0.3 is 10.3 Å². The Bertz CT molecular complexity index is 594. The molecule has 2 aromatic rings. The fourth-order valence-corrected chi connectivity index (χ4v) is 1.98. The van der Waals surface area contributed by atoms with Crippen molar-refractivity contribution < 1.29 is 9.45 Å². The van der Waals surface area contributed by atoms with Crippen molar-refractivity contribution in [3.8, 4) is 11.3 Å². The third kappa shape index (κ3) is 2.23. The van der Waals surface area contributed by atoms with Crippen molar-refractivity contribution in [1.29, 1.82) is 0 Å². The van der Waals surface area contributed by atoms with E-state index >= 15 is 0 Å². The van der Waals surface area contributed by atoms with Gasteiger partial charge in [-0.2, -0.15) is 0 Å². The number of aromatic nitrogens is 1. The number of nitro groups is 1. The fraction of sp³-hybridized carbons (Fsp3) is 0.100. The summed E-state index contributed by atoms with van der Waals surface area (Å²) in [5.41, 5.74) is 6.97. The lowest BCUT2D eigenvalue weighted by Crippen LogP contribution is -1.91. The first-order valence-corrected chi connectivity index (χ1v) is 5.74. The van der Waals surface area contributed by atoms with Gasteiger partial charge in [0, 0.05) is 17.7 Å². The maximum atomic E-state index is 10.8. The lowest BCUT2D eigenvalue weighted by molar-refractivity contribution is -0.384. The number of halogens is 1. The van der Waals surface area contributed by atoms with Crippen LogP contribution in [0, 0.1) is 20.6 Å².